The summed E-state index contributed by atoms with van der Waals surface area (Å²) in [7, 11) is 0. The smallest absolute Gasteiger partial charge is 0.306 e. The number of rotatable bonds is 3. The van der Waals surface area contributed by atoms with Crippen LogP contribution in [0.2, 0.25) is 0 Å². The molecule has 7 nitrogen and oxygen atoms in total. The van der Waals surface area contributed by atoms with Crippen LogP contribution in [0.5, 0.6) is 0 Å². The van der Waals surface area contributed by atoms with Gasteiger partial charge in [0.2, 0.25) is 5.95 Å². The van der Waals surface area contributed by atoms with Crippen LogP contribution in [0.25, 0.3) is 5.95 Å². The number of nitrogens with zero attached hydrogens (tertiary/aromatic N) is 3. The Bertz CT molecular complexity index is 1220. The van der Waals surface area contributed by atoms with E-state index in [2.05, 4.69) is 20.4 Å². The monoisotopic (exact) mass is 459 g/mol. The summed E-state index contributed by atoms with van der Waals surface area (Å²) in [6.45, 7) is 4.62. The molecule has 0 saturated carbocycles. The Morgan fingerprint density at radius 1 is 0.969 bits per heavy atom. The molecule has 0 fully saturated rings. The average Bonchev–Trinajstić information content (AvgIpc) is 3.04. The quantitative estimate of drug-likeness (QED) is 0.575. The molecule has 2 aromatic heterocycles. The van der Waals surface area contributed by atoms with Crippen LogP contribution in [0.3, 0.4) is 0 Å². The molecule has 0 spiro atoms. The van der Waals surface area contributed by atoms with E-state index in [0.29, 0.717) is 29.1 Å². The number of aryl methyl sites for hydroxylation is 2. The van der Waals surface area contributed by atoms with Gasteiger partial charge in [-0.25, -0.2) is 4.98 Å². The van der Waals surface area contributed by atoms with Crippen molar-refractivity contribution < 1.29 is 31.1 Å². The number of anilines is 1. The molecule has 0 radical (unpaired) electrons. The predicted octanol–water partition coefficient (Wildman–Crippen LogP) is 4.17. The van der Waals surface area contributed by atoms with Gasteiger partial charge in [-0.3, -0.25) is 14.6 Å². The molecule has 0 bridgehead atoms. The Morgan fingerprint density at radius 2 is 1.53 bits per heavy atom. The SMILES string of the molecule is Cc1cc(NC(=O)c2cc(C(F)(F)F)cc(C(F)(F)F)c2)n(-c2nc(C)c(C)c(=O)[nH]2)n1. The van der Waals surface area contributed by atoms with Crippen LogP contribution in [0.4, 0.5) is 32.2 Å². The number of H-pyrrole nitrogens is 1. The Morgan fingerprint density at radius 3 is 2.03 bits per heavy atom. The molecule has 2 N–H and O–H groups in total. The van der Waals surface area contributed by atoms with Gasteiger partial charge in [-0.15, -0.1) is 0 Å². The standard InChI is InChI=1S/C19H15F6N5O2/c1-8-4-14(30(29-8)17-26-10(3)9(2)15(31)28-17)27-16(32)11-5-12(18(20,21)22)7-13(6-11)19(23,24)25/h4-7H,1-3H3,(H,27,32)(H,26,28,31). The summed E-state index contributed by atoms with van der Waals surface area (Å²) < 4.78 is 79.4. The van der Waals surface area contributed by atoms with Crippen LogP contribution in [-0.4, -0.2) is 25.7 Å². The van der Waals surface area contributed by atoms with Crippen molar-refractivity contribution in [3.63, 3.8) is 0 Å². The second-order valence-electron chi connectivity index (χ2n) is 6.93. The summed E-state index contributed by atoms with van der Waals surface area (Å²) in [4.78, 5) is 31.2. The fraction of sp³-hybridized carbons (Fsp3) is 0.263. The summed E-state index contributed by atoms with van der Waals surface area (Å²) in [6.07, 6.45) is -10.2. The van der Waals surface area contributed by atoms with E-state index >= 15 is 0 Å². The van der Waals surface area contributed by atoms with Gasteiger partial charge in [-0.1, -0.05) is 0 Å². The summed E-state index contributed by atoms with van der Waals surface area (Å²) >= 11 is 0. The first-order valence-electron chi connectivity index (χ1n) is 8.92. The molecule has 3 aromatic rings. The van der Waals surface area contributed by atoms with E-state index < -0.39 is 40.5 Å². The van der Waals surface area contributed by atoms with Crippen molar-refractivity contribution in [1.82, 2.24) is 19.7 Å². The van der Waals surface area contributed by atoms with Crippen molar-refractivity contribution >= 4 is 11.7 Å². The minimum atomic E-state index is -5.10. The minimum Gasteiger partial charge on any atom is -0.306 e. The van der Waals surface area contributed by atoms with Gasteiger partial charge >= 0.3 is 12.4 Å². The lowest BCUT2D eigenvalue weighted by atomic mass is 10.0. The number of aromatic amines is 1. The molecule has 1 aromatic carbocycles. The summed E-state index contributed by atoms with van der Waals surface area (Å²) in [5, 5.41) is 6.28. The van der Waals surface area contributed by atoms with Gasteiger partial charge in [0.15, 0.2) is 0 Å². The van der Waals surface area contributed by atoms with Gasteiger partial charge in [-0.2, -0.15) is 36.1 Å². The van der Waals surface area contributed by atoms with Gasteiger partial charge in [0.1, 0.15) is 5.82 Å². The lowest BCUT2D eigenvalue weighted by molar-refractivity contribution is -0.143. The zero-order chi connectivity index (χ0) is 24.0. The molecule has 2 heterocycles. The fourth-order valence-corrected chi connectivity index (χ4v) is 2.76. The number of nitrogens with one attached hydrogen (secondary N) is 2. The Balaban J connectivity index is 2.05. The predicted molar refractivity (Wildman–Crippen MR) is 101 cm³/mol. The molecule has 32 heavy (non-hydrogen) atoms. The Kier molecular flexibility index (Phi) is 5.62. The van der Waals surface area contributed by atoms with E-state index in [4.69, 9.17) is 0 Å². The average molecular weight is 459 g/mol. The van der Waals surface area contributed by atoms with Crippen molar-refractivity contribution in [3.8, 4) is 5.95 Å². The second kappa shape index (κ2) is 7.80. The third kappa shape index (κ3) is 4.65. The molecule has 0 aliphatic carbocycles. The first kappa shape index (κ1) is 23.0. The molecule has 170 valence electrons. The second-order valence-corrected chi connectivity index (χ2v) is 6.93. The van der Waals surface area contributed by atoms with E-state index in [1.807, 2.05) is 0 Å². The topological polar surface area (TPSA) is 92.7 Å². The van der Waals surface area contributed by atoms with E-state index in [1.165, 1.54) is 19.9 Å². The molecule has 0 unspecified atom stereocenters. The molecule has 1 amide bonds. The number of alkyl halides is 6. The van der Waals surface area contributed by atoms with Gasteiger partial charge in [0, 0.05) is 22.9 Å². The lowest BCUT2D eigenvalue weighted by Crippen LogP contribution is -2.21. The molecule has 0 atom stereocenters. The Labute approximate surface area is 176 Å². The van der Waals surface area contributed by atoms with Crippen LogP contribution >= 0.6 is 0 Å². The maximum atomic E-state index is 13.1. The number of carbonyl (C=O) groups excluding carboxylic acids is 1. The maximum Gasteiger partial charge on any atom is 0.416 e. The molecule has 3 rings (SSSR count). The van der Waals surface area contributed by atoms with Crippen molar-refractivity contribution in [3.05, 3.63) is 68.3 Å². The largest absolute Gasteiger partial charge is 0.416 e. The fourth-order valence-electron chi connectivity index (χ4n) is 2.76. The third-order valence-corrected chi connectivity index (χ3v) is 4.51. The highest BCUT2D eigenvalue weighted by molar-refractivity contribution is 6.04. The van der Waals surface area contributed by atoms with E-state index in [9.17, 15) is 35.9 Å². The normalized spacial score (nSPS) is 12.2. The van der Waals surface area contributed by atoms with E-state index in [-0.39, 0.29) is 17.8 Å². The minimum absolute atomic E-state index is 0.0745. The zero-order valence-corrected chi connectivity index (χ0v) is 16.7. The van der Waals surface area contributed by atoms with Crippen LogP contribution in [0.15, 0.2) is 29.1 Å². The first-order valence-corrected chi connectivity index (χ1v) is 8.92. The van der Waals surface area contributed by atoms with Crippen molar-refractivity contribution in [2.45, 2.75) is 33.1 Å². The van der Waals surface area contributed by atoms with Crippen molar-refractivity contribution in [1.29, 1.82) is 0 Å². The highest BCUT2D eigenvalue weighted by atomic mass is 19.4. The van der Waals surface area contributed by atoms with E-state index in [1.54, 1.807) is 6.92 Å². The number of hydrogen-bond donors (Lipinski definition) is 2. The summed E-state index contributed by atoms with van der Waals surface area (Å²) in [5.74, 6) is -1.46. The number of benzene rings is 1. The first-order chi connectivity index (χ1) is 14.7. The van der Waals surface area contributed by atoms with Gasteiger partial charge < -0.3 is 5.32 Å². The molecular weight excluding hydrogens is 444 g/mol. The Hall–Kier alpha value is -3.64. The van der Waals surface area contributed by atoms with Gasteiger partial charge in [-0.05, 0) is 39.0 Å². The highest BCUT2D eigenvalue weighted by Crippen LogP contribution is 2.36. The molecule has 13 heteroatoms. The molecule has 0 aliphatic heterocycles. The number of aromatic nitrogens is 4. The third-order valence-electron chi connectivity index (χ3n) is 4.51. The van der Waals surface area contributed by atoms with Gasteiger partial charge in [0.25, 0.3) is 11.5 Å². The molecule has 0 aliphatic rings. The zero-order valence-electron chi connectivity index (χ0n) is 16.7. The number of amides is 1. The summed E-state index contributed by atoms with van der Waals surface area (Å²) in [5.41, 5.74) is -3.55. The highest BCUT2D eigenvalue weighted by Gasteiger charge is 2.37. The number of hydrogen-bond acceptors (Lipinski definition) is 4. The number of halogens is 6. The number of carbonyl (C=O) groups is 1. The van der Waals surface area contributed by atoms with E-state index in [0.717, 1.165) is 4.68 Å². The van der Waals surface area contributed by atoms with Crippen molar-refractivity contribution in [2.75, 3.05) is 5.32 Å². The van der Waals surface area contributed by atoms with Crippen LogP contribution < -0.4 is 10.9 Å². The molecule has 0 saturated heterocycles. The van der Waals surface area contributed by atoms with Crippen LogP contribution in [-0.2, 0) is 12.4 Å². The van der Waals surface area contributed by atoms with Crippen LogP contribution in [0, 0.1) is 20.8 Å². The summed E-state index contributed by atoms with van der Waals surface area (Å²) in [6, 6.07) is 1.86. The molecular formula is C19H15F6N5O2. The van der Waals surface area contributed by atoms with Crippen molar-refractivity contribution in [2.24, 2.45) is 0 Å². The lowest BCUT2D eigenvalue weighted by Gasteiger charge is -2.14. The van der Waals surface area contributed by atoms with Gasteiger partial charge in [0.05, 0.1) is 16.8 Å². The van der Waals surface area contributed by atoms with Crippen LogP contribution in [0.1, 0.15) is 38.4 Å². The maximum absolute atomic E-state index is 13.1.